The summed E-state index contributed by atoms with van der Waals surface area (Å²) in [5.74, 6) is 0.740. The molecule has 0 unspecified atom stereocenters. The molecule has 0 amide bonds. The summed E-state index contributed by atoms with van der Waals surface area (Å²) in [4.78, 5) is 12.6. The third-order valence-corrected chi connectivity index (χ3v) is 7.09. The normalized spacial score (nSPS) is 12.4. The number of fused-ring (bicyclic) bond motifs is 1. The predicted octanol–water partition coefficient (Wildman–Crippen LogP) is 5.11. The van der Waals surface area contributed by atoms with Crippen LogP contribution in [0, 0.1) is 6.92 Å². The lowest BCUT2D eigenvalue weighted by molar-refractivity contribution is 0.542. The number of aromatic nitrogens is 4. The number of nitrogens with zero attached hydrogens (tertiary/aromatic N) is 4. The quantitative estimate of drug-likeness (QED) is 0.290. The molecule has 27 heavy (non-hydrogen) atoms. The third-order valence-electron chi connectivity index (χ3n) is 4.86. The lowest BCUT2D eigenvalue weighted by Crippen LogP contribution is -2.18. The molecule has 0 aliphatic rings. The molecule has 2 rings (SSSR count). The number of sulfone groups is 1. The minimum absolute atomic E-state index is 0.00679. The molecule has 2 heterocycles. The minimum Gasteiger partial charge on any atom is -0.324 e. The molecule has 152 valence electrons. The summed E-state index contributed by atoms with van der Waals surface area (Å²) in [6, 6.07) is 0. The number of aryl methyl sites for hydroxylation is 2. The molecular formula is C19H31ClN4O2S. The first-order valence-electron chi connectivity index (χ1n) is 9.93. The van der Waals surface area contributed by atoms with Gasteiger partial charge >= 0.3 is 0 Å². The molecule has 0 saturated heterocycles. The van der Waals surface area contributed by atoms with E-state index >= 15 is 0 Å². The Hall–Kier alpha value is -1.21. The van der Waals surface area contributed by atoms with Crippen molar-refractivity contribution in [2.24, 2.45) is 0 Å². The minimum atomic E-state index is -3.58. The van der Waals surface area contributed by atoms with Crippen LogP contribution >= 0.6 is 11.6 Å². The topological polar surface area (TPSA) is 77.7 Å². The van der Waals surface area contributed by atoms with Crippen molar-refractivity contribution >= 4 is 32.6 Å². The average molecular weight is 415 g/mol. The van der Waals surface area contributed by atoms with E-state index in [1.807, 2.05) is 11.5 Å². The van der Waals surface area contributed by atoms with Crippen molar-refractivity contribution in [3.63, 3.8) is 0 Å². The molecule has 2 aromatic heterocycles. The van der Waals surface area contributed by atoms with E-state index in [1.54, 1.807) is 13.8 Å². The summed E-state index contributed by atoms with van der Waals surface area (Å²) in [5, 5.41) is -0.676. The maximum Gasteiger partial charge on any atom is 0.225 e. The first-order chi connectivity index (χ1) is 12.8. The number of halogens is 1. The van der Waals surface area contributed by atoms with Crippen LogP contribution in [0.1, 0.15) is 78.0 Å². The van der Waals surface area contributed by atoms with E-state index in [0.29, 0.717) is 17.7 Å². The molecule has 0 radical (unpaired) electrons. The van der Waals surface area contributed by atoms with E-state index in [-0.39, 0.29) is 10.3 Å². The largest absolute Gasteiger partial charge is 0.324 e. The van der Waals surface area contributed by atoms with Crippen molar-refractivity contribution in [2.75, 3.05) is 0 Å². The van der Waals surface area contributed by atoms with E-state index in [0.717, 1.165) is 18.7 Å². The second-order valence-corrected chi connectivity index (χ2v) is 10.1. The second-order valence-electron chi connectivity index (χ2n) is 7.35. The standard InChI is InChI=1S/C19H31ClN4O2S/c1-5-6-7-8-9-10-11-12-13-24-15(4)21-17-16(24)18(23-19(20)22-17)27(25,26)14(2)3/h14H,5-13H2,1-4H3. The molecule has 0 aromatic carbocycles. The number of unbranched alkanes of at least 4 members (excludes halogenated alkanes) is 7. The van der Waals surface area contributed by atoms with Crippen molar-refractivity contribution in [1.29, 1.82) is 0 Å². The maximum atomic E-state index is 12.8. The molecule has 0 spiro atoms. The van der Waals surface area contributed by atoms with Gasteiger partial charge in [-0.3, -0.25) is 0 Å². The molecule has 2 aromatic rings. The zero-order chi connectivity index (χ0) is 20.0. The van der Waals surface area contributed by atoms with Crippen molar-refractivity contribution in [1.82, 2.24) is 19.5 Å². The lowest BCUT2D eigenvalue weighted by Gasteiger charge is -2.12. The van der Waals surface area contributed by atoms with Crippen molar-refractivity contribution < 1.29 is 8.42 Å². The van der Waals surface area contributed by atoms with Gasteiger partial charge in [-0.25, -0.2) is 18.4 Å². The highest BCUT2D eigenvalue weighted by Crippen LogP contribution is 2.26. The van der Waals surface area contributed by atoms with Crippen LogP contribution in [0.15, 0.2) is 5.03 Å². The third kappa shape index (κ3) is 5.41. The van der Waals surface area contributed by atoms with Crippen molar-refractivity contribution in [2.45, 2.75) is 95.9 Å². The monoisotopic (exact) mass is 414 g/mol. The summed E-state index contributed by atoms with van der Waals surface area (Å²) < 4.78 is 27.5. The lowest BCUT2D eigenvalue weighted by atomic mass is 10.1. The summed E-state index contributed by atoms with van der Waals surface area (Å²) in [7, 11) is -3.58. The number of imidazole rings is 1. The van der Waals surface area contributed by atoms with Gasteiger partial charge in [-0.05, 0) is 38.8 Å². The van der Waals surface area contributed by atoms with E-state index < -0.39 is 15.1 Å². The van der Waals surface area contributed by atoms with Gasteiger partial charge in [0.1, 0.15) is 11.3 Å². The Bertz CT molecular complexity index is 862. The van der Waals surface area contributed by atoms with Crippen LogP contribution < -0.4 is 0 Å². The summed E-state index contributed by atoms with van der Waals surface area (Å²) in [6.07, 6.45) is 9.75. The van der Waals surface area contributed by atoms with Gasteiger partial charge < -0.3 is 4.57 Å². The van der Waals surface area contributed by atoms with Gasteiger partial charge in [0, 0.05) is 6.54 Å². The van der Waals surface area contributed by atoms with E-state index in [2.05, 4.69) is 21.9 Å². The summed E-state index contributed by atoms with van der Waals surface area (Å²) in [5.41, 5.74) is 0.833. The SMILES string of the molecule is CCCCCCCCCCn1c(C)nc2nc(Cl)nc(S(=O)(=O)C(C)C)c21. The number of hydrogen-bond donors (Lipinski definition) is 0. The van der Waals surface area contributed by atoms with E-state index in [1.165, 1.54) is 38.5 Å². The van der Waals surface area contributed by atoms with Crippen molar-refractivity contribution in [3.8, 4) is 0 Å². The van der Waals surface area contributed by atoms with Crippen LogP contribution in [-0.4, -0.2) is 33.2 Å². The Labute approximate surface area is 167 Å². The molecule has 0 bridgehead atoms. The molecule has 0 aliphatic heterocycles. The molecule has 0 aliphatic carbocycles. The first-order valence-corrected chi connectivity index (χ1v) is 11.9. The Morgan fingerprint density at radius 2 is 1.56 bits per heavy atom. The highest BCUT2D eigenvalue weighted by molar-refractivity contribution is 7.92. The molecule has 0 atom stereocenters. The number of hydrogen-bond acceptors (Lipinski definition) is 5. The predicted molar refractivity (Wildman–Crippen MR) is 110 cm³/mol. The molecule has 8 heteroatoms. The van der Waals surface area contributed by atoms with E-state index in [9.17, 15) is 8.42 Å². The Morgan fingerprint density at radius 3 is 2.15 bits per heavy atom. The van der Waals surface area contributed by atoms with Gasteiger partial charge in [0.25, 0.3) is 0 Å². The first kappa shape index (κ1) is 22.1. The van der Waals surface area contributed by atoms with Gasteiger partial charge in [0.15, 0.2) is 20.5 Å². The molecule has 0 saturated carbocycles. The van der Waals surface area contributed by atoms with Crippen LogP contribution in [0.4, 0.5) is 0 Å². The molecule has 0 fully saturated rings. The fraction of sp³-hybridized carbons (Fsp3) is 0.737. The molecule has 6 nitrogen and oxygen atoms in total. The van der Waals surface area contributed by atoms with Crippen LogP contribution in [0.3, 0.4) is 0 Å². The van der Waals surface area contributed by atoms with Gasteiger partial charge in [0.05, 0.1) is 5.25 Å². The fourth-order valence-electron chi connectivity index (χ4n) is 3.19. The average Bonchev–Trinajstić information content (AvgIpc) is 2.91. The fourth-order valence-corrected chi connectivity index (χ4v) is 4.53. The zero-order valence-corrected chi connectivity index (χ0v) is 18.4. The summed E-state index contributed by atoms with van der Waals surface area (Å²) in [6.45, 7) is 8.09. The maximum absolute atomic E-state index is 12.8. The van der Waals surface area contributed by atoms with Gasteiger partial charge in [-0.15, -0.1) is 0 Å². The van der Waals surface area contributed by atoms with E-state index in [4.69, 9.17) is 11.6 Å². The summed E-state index contributed by atoms with van der Waals surface area (Å²) >= 11 is 5.96. The molecule has 0 N–H and O–H groups in total. The molecular weight excluding hydrogens is 384 g/mol. The zero-order valence-electron chi connectivity index (χ0n) is 16.8. The van der Waals surface area contributed by atoms with Gasteiger partial charge in [-0.2, -0.15) is 4.98 Å². The Balaban J connectivity index is 2.16. The highest BCUT2D eigenvalue weighted by atomic mass is 35.5. The van der Waals surface area contributed by atoms with Crippen molar-refractivity contribution in [3.05, 3.63) is 11.1 Å². The van der Waals surface area contributed by atoms with Crippen LogP contribution in [0.25, 0.3) is 11.2 Å². The van der Waals surface area contributed by atoms with Crippen LogP contribution in [-0.2, 0) is 16.4 Å². The van der Waals surface area contributed by atoms with Gasteiger partial charge in [-0.1, -0.05) is 51.9 Å². The second kappa shape index (κ2) is 9.82. The van der Waals surface area contributed by atoms with Crippen LogP contribution in [0.2, 0.25) is 5.28 Å². The van der Waals surface area contributed by atoms with Gasteiger partial charge in [0.2, 0.25) is 5.28 Å². The Morgan fingerprint density at radius 1 is 0.963 bits per heavy atom. The number of rotatable bonds is 11. The Kier molecular flexibility index (Phi) is 8.04. The highest BCUT2D eigenvalue weighted by Gasteiger charge is 2.28. The smallest absolute Gasteiger partial charge is 0.225 e. The van der Waals surface area contributed by atoms with Crippen LogP contribution in [0.5, 0.6) is 0 Å².